The molecule has 9 heteroatoms. The number of rotatable bonds is 3. The highest BCUT2D eigenvalue weighted by Crippen LogP contribution is 2.35. The van der Waals surface area contributed by atoms with Crippen molar-refractivity contribution in [3.05, 3.63) is 18.2 Å². The standard InChI is InChI=1S/C20H25N3O6/c1-27-19(25)13-4-6-22(7-5-13)20(26)21-14-10-18(24)23(12-14)15-2-3-16-17(11-15)29-9-8-28-16/h2-3,11,13-14H,4-10,12H2,1H3,(H,21,26)/t14-/m1/s1. The quantitative estimate of drug-likeness (QED) is 0.761. The number of fused-ring (bicyclic) bond motifs is 1. The van der Waals surface area contributed by atoms with Crippen molar-refractivity contribution < 1.29 is 28.6 Å². The lowest BCUT2D eigenvalue weighted by molar-refractivity contribution is -0.146. The number of nitrogens with zero attached hydrogens (tertiary/aromatic N) is 2. The van der Waals surface area contributed by atoms with Crippen molar-refractivity contribution in [1.82, 2.24) is 10.2 Å². The third-order valence-corrected chi connectivity index (χ3v) is 5.61. The second-order valence-corrected chi connectivity index (χ2v) is 7.47. The number of methoxy groups -OCH3 is 1. The van der Waals surface area contributed by atoms with Crippen LogP contribution in [0.3, 0.4) is 0 Å². The molecule has 0 spiro atoms. The van der Waals surface area contributed by atoms with Crippen molar-refractivity contribution in [2.24, 2.45) is 5.92 Å². The highest BCUT2D eigenvalue weighted by atomic mass is 16.6. The summed E-state index contributed by atoms with van der Waals surface area (Å²) in [5.41, 5.74) is 0.731. The monoisotopic (exact) mass is 403 g/mol. The molecule has 0 bridgehead atoms. The molecule has 1 atom stereocenters. The molecule has 3 amide bonds. The van der Waals surface area contributed by atoms with Gasteiger partial charge in [0, 0.05) is 37.8 Å². The Bertz CT molecular complexity index is 805. The topological polar surface area (TPSA) is 97.4 Å². The first-order valence-corrected chi connectivity index (χ1v) is 9.88. The van der Waals surface area contributed by atoms with Crippen molar-refractivity contribution >= 4 is 23.6 Å². The molecule has 0 aliphatic carbocycles. The molecule has 0 radical (unpaired) electrons. The fourth-order valence-corrected chi connectivity index (χ4v) is 4.00. The zero-order valence-corrected chi connectivity index (χ0v) is 16.4. The lowest BCUT2D eigenvalue weighted by Gasteiger charge is -2.31. The fraction of sp³-hybridized carbons (Fsp3) is 0.550. The van der Waals surface area contributed by atoms with Gasteiger partial charge in [0.15, 0.2) is 11.5 Å². The summed E-state index contributed by atoms with van der Waals surface area (Å²) < 4.78 is 15.9. The number of nitrogens with one attached hydrogen (secondary N) is 1. The van der Waals surface area contributed by atoms with Crippen LogP contribution in [-0.2, 0) is 14.3 Å². The Hall–Kier alpha value is -2.97. The minimum absolute atomic E-state index is 0.0450. The fourth-order valence-electron chi connectivity index (χ4n) is 4.00. The molecule has 1 N–H and O–H groups in total. The first kappa shape index (κ1) is 19.4. The van der Waals surface area contributed by atoms with E-state index in [4.69, 9.17) is 14.2 Å². The van der Waals surface area contributed by atoms with Crippen LogP contribution in [0.25, 0.3) is 0 Å². The highest BCUT2D eigenvalue weighted by molar-refractivity contribution is 5.97. The van der Waals surface area contributed by atoms with E-state index in [0.29, 0.717) is 57.2 Å². The van der Waals surface area contributed by atoms with Gasteiger partial charge in [-0.15, -0.1) is 0 Å². The van der Waals surface area contributed by atoms with Crippen LogP contribution in [-0.4, -0.2) is 68.8 Å². The van der Waals surface area contributed by atoms with Gasteiger partial charge >= 0.3 is 12.0 Å². The Morgan fingerprint density at radius 1 is 1.14 bits per heavy atom. The summed E-state index contributed by atoms with van der Waals surface area (Å²) in [6, 6.07) is 4.97. The van der Waals surface area contributed by atoms with Gasteiger partial charge in [0.1, 0.15) is 13.2 Å². The van der Waals surface area contributed by atoms with Crippen LogP contribution in [0, 0.1) is 5.92 Å². The van der Waals surface area contributed by atoms with Gasteiger partial charge in [0.2, 0.25) is 5.91 Å². The maximum absolute atomic E-state index is 12.6. The summed E-state index contributed by atoms with van der Waals surface area (Å²) in [5.74, 6) is 0.884. The van der Waals surface area contributed by atoms with Gasteiger partial charge in [-0.25, -0.2) is 4.79 Å². The number of carbonyl (C=O) groups is 3. The summed E-state index contributed by atoms with van der Waals surface area (Å²) in [6.07, 6.45) is 1.43. The lowest BCUT2D eigenvalue weighted by atomic mass is 9.97. The maximum atomic E-state index is 12.6. The van der Waals surface area contributed by atoms with Gasteiger partial charge in [-0.3, -0.25) is 9.59 Å². The predicted molar refractivity (Wildman–Crippen MR) is 103 cm³/mol. The van der Waals surface area contributed by atoms with E-state index in [1.54, 1.807) is 21.9 Å². The zero-order chi connectivity index (χ0) is 20.4. The van der Waals surface area contributed by atoms with Crippen LogP contribution >= 0.6 is 0 Å². The number of hydrogen-bond acceptors (Lipinski definition) is 6. The van der Waals surface area contributed by atoms with E-state index < -0.39 is 0 Å². The molecule has 1 aromatic carbocycles. The molecule has 29 heavy (non-hydrogen) atoms. The van der Waals surface area contributed by atoms with Crippen molar-refractivity contribution in [1.29, 1.82) is 0 Å². The second-order valence-electron chi connectivity index (χ2n) is 7.47. The third-order valence-electron chi connectivity index (χ3n) is 5.61. The molecule has 3 aliphatic heterocycles. The minimum atomic E-state index is -0.262. The van der Waals surface area contributed by atoms with Gasteiger partial charge in [-0.2, -0.15) is 0 Å². The number of hydrogen-bond donors (Lipinski definition) is 1. The Balaban J connectivity index is 1.33. The zero-order valence-electron chi connectivity index (χ0n) is 16.4. The molecule has 0 aromatic heterocycles. The molecule has 156 valence electrons. The van der Waals surface area contributed by atoms with E-state index in [-0.39, 0.29) is 36.3 Å². The van der Waals surface area contributed by atoms with Gasteiger partial charge < -0.3 is 29.3 Å². The number of carbonyl (C=O) groups excluding carboxylic acids is 3. The smallest absolute Gasteiger partial charge is 0.317 e. The van der Waals surface area contributed by atoms with E-state index in [1.165, 1.54) is 7.11 Å². The number of piperidine rings is 1. The summed E-state index contributed by atoms with van der Waals surface area (Å²) in [6.45, 7) is 2.40. The van der Waals surface area contributed by atoms with Gasteiger partial charge in [0.25, 0.3) is 0 Å². The highest BCUT2D eigenvalue weighted by Gasteiger charge is 2.34. The van der Waals surface area contributed by atoms with Crippen LogP contribution < -0.4 is 19.7 Å². The molecule has 0 unspecified atom stereocenters. The van der Waals surface area contributed by atoms with Gasteiger partial charge in [-0.05, 0) is 25.0 Å². The number of ether oxygens (including phenoxy) is 3. The number of benzene rings is 1. The average molecular weight is 403 g/mol. The SMILES string of the molecule is COC(=O)C1CCN(C(=O)N[C@@H]2CC(=O)N(c3ccc4c(c3)OCCO4)C2)CC1. The van der Waals surface area contributed by atoms with Gasteiger partial charge in [0.05, 0.1) is 19.1 Å². The number of anilines is 1. The molecule has 9 nitrogen and oxygen atoms in total. The average Bonchev–Trinajstić information content (AvgIpc) is 3.12. The predicted octanol–water partition coefficient (Wildman–Crippen LogP) is 1.16. The number of amides is 3. The van der Waals surface area contributed by atoms with Crippen LogP contribution in [0.5, 0.6) is 11.5 Å². The van der Waals surface area contributed by atoms with E-state index in [2.05, 4.69) is 5.32 Å². The maximum Gasteiger partial charge on any atom is 0.317 e. The summed E-state index contributed by atoms with van der Waals surface area (Å²) in [5, 5.41) is 2.95. The van der Waals surface area contributed by atoms with Crippen molar-refractivity contribution in [2.45, 2.75) is 25.3 Å². The molecule has 1 aromatic rings. The van der Waals surface area contributed by atoms with E-state index in [9.17, 15) is 14.4 Å². The molecule has 4 rings (SSSR count). The molecule has 2 fully saturated rings. The Labute approximate surface area is 168 Å². The largest absolute Gasteiger partial charge is 0.486 e. The lowest BCUT2D eigenvalue weighted by Crippen LogP contribution is -2.49. The number of urea groups is 1. The number of likely N-dealkylation sites (tertiary alicyclic amines) is 1. The summed E-state index contributed by atoms with van der Waals surface area (Å²) >= 11 is 0. The van der Waals surface area contributed by atoms with Crippen molar-refractivity contribution in [3.63, 3.8) is 0 Å². The Kier molecular flexibility index (Phi) is 5.46. The first-order chi connectivity index (χ1) is 14.0. The Morgan fingerprint density at radius 2 is 1.86 bits per heavy atom. The third kappa shape index (κ3) is 4.08. The molecular formula is C20H25N3O6. The van der Waals surface area contributed by atoms with E-state index in [1.807, 2.05) is 6.07 Å². The Morgan fingerprint density at radius 3 is 2.59 bits per heavy atom. The van der Waals surface area contributed by atoms with E-state index >= 15 is 0 Å². The number of esters is 1. The van der Waals surface area contributed by atoms with E-state index in [0.717, 1.165) is 5.69 Å². The summed E-state index contributed by atoms with van der Waals surface area (Å²) in [4.78, 5) is 40.0. The van der Waals surface area contributed by atoms with Crippen molar-refractivity contribution in [2.75, 3.05) is 44.9 Å². The first-order valence-electron chi connectivity index (χ1n) is 9.88. The normalized spacial score (nSPS) is 21.8. The molecule has 0 saturated carbocycles. The molecular weight excluding hydrogens is 378 g/mol. The van der Waals surface area contributed by atoms with Gasteiger partial charge in [-0.1, -0.05) is 0 Å². The molecule has 2 saturated heterocycles. The van der Waals surface area contributed by atoms with Crippen LogP contribution in [0.4, 0.5) is 10.5 Å². The second kappa shape index (κ2) is 8.18. The van der Waals surface area contributed by atoms with Crippen molar-refractivity contribution in [3.8, 4) is 11.5 Å². The minimum Gasteiger partial charge on any atom is -0.486 e. The van der Waals surface area contributed by atoms with Crippen LogP contribution in [0.1, 0.15) is 19.3 Å². The summed E-state index contributed by atoms with van der Waals surface area (Å²) in [7, 11) is 1.38. The van der Waals surface area contributed by atoms with Crippen LogP contribution in [0.2, 0.25) is 0 Å². The van der Waals surface area contributed by atoms with Crippen LogP contribution in [0.15, 0.2) is 18.2 Å². The molecule has 3 aliphatic rings. The molecule has 3 heterocycles.